The molecular formula is C17H25N3O. The van der Waals surface area contributed by atoms with Gasteiger partial charge in [-0.1, -0.05) is 31.5 Å². The van der Waals surface area contributed by atoms with Crippen LogP contribution < -0.4 is 10.6 Å². The minimum absolute atomic E-state index is 0.355. The van der Waals surface area contributed by atoms with Gasteiger partial charge in [0.15, 0.2) is 5.96 Å². The van der Waals surface area contributed by atoms with Gasteiger partial charge in [-0.25, -0.2) is 4.99 Å². The molecule has 2 N–H and O–H groups in total. The van der Waals surface area contributed by atoms with Crippen molar-refractivity contribution in [3.63, 3.8) is 0 Å². The Morgan fingerprint density at radius 2 is 2.10 bits per heavy atom. The van der Waals surface area contributed by atoms with E-state index in [-0.39, 0.29) is 0 Å². The van der Waals surface area contributed by atoms with E-state index in [9.17, 15) is 0 Å². The SMILES string of the molecule is CCCCNC(=NCc1cc2ccccc2o1)NC(C)C. The van der Waals surface area contributed by atoms with Crippen molar-refractivity contribution in [1.82, 2.24) is 10.6 Å². The molecule has 2 aromatic rings. The van der Waals surface area contributed by atoms with Gasteiger partial charge in [0.25, 0.3) is 0 Å². The van der Waals surface area contributed by atoms with Crippen molar-refractivity contribution >= 4 is 16.9 Å². The van der Waals surface area contributed by atoms with Crippen LogP contribution in [-0.4, -0.2) is 18.5 Å². The average molecular weight is 287 g/mol. The fourth-order valence-electron chi connectivity index (χ4n) is 2.08. The standard InChI is InChI=1S/C17H25N3O/c1-4-5-10-18-17(20-13(2)3)19-12-15-11-14-8-6-7-9-16(14)21-15/h6-9,11,13H,4-5,10,12H2,1-3H3,(H2,18,19,20). The Morgan fingerprint density at radius 3 is 2.81 bits per heavy atom. The molecule has 0 spiro atoms. The quantitative estimate of drug-likeness (QED) is 0.484. The number of rotatable bonds is 6. The average Bonchev–Trinajstić information content (AvgIpc) is 2.87. The molecular weight excluding hydrogens is 262 g/mol. The predicted octanol–water partition coefficient (Wildman–Crippen LogP) is 3.68. The molecule has 4 nitrogen and oxygen atoms in total. The van der Waals surface area contributed by atoms with Crippen LogP contribution in [0.15, 0.2) is 39.7 Å². The van der Waals surface area contributed by atoms with Gasteiger partial charge in [-0.2, -0.15) is 0 Å². The fourth-order valence-corrected chi connectivity index (χ4v) is 2.08. The molecule has 4 heteroatoms. The summed E-state index contributed by atoms with van der Waals surface area (Å²) in [5, 5.41) is 7.82. The number of fused-ring (bicyclic) bond motifs is 1. The molecule has 0 unspecified atom stereocenters. The van der Waals surface area contributed by atoms with Crippen LogP contribution in [0.4, 0.5) is 0 Å². The first-order valence-corrected chi connectivity index (χ1v) is 7.71. The summed E-state index contributed by atoms with van der Waals surface area (Å²) in [4.78, 5) is 4.60. The van der Waals surface area contributed by atoms with Gasteiger partial charge in [-0.15, -0.1) is 0 Å². The molecule has 1 aromatic heterocycles. The second kappa shape index (κ2) is 7.72. The summed E-state index contributed by atoms with van der Waals surface area (Å²) in [6.07, 6.45) is 2.31. The Kier molecular flexibility index (Phi) is 5.67. The lowest BCUT2D eigenvalue weighted by Crippen LogP contribution is -2.41. The molecule has 0 bridgehead atoms. The van der Waals surface area contributed by atoms with Crippen molar-refractivity contribution in [1.29, 1.82) is 0 Å². The highest BCUT2D eigenvalue weighted by Gasteiger charge is 2.04. The molecule has 0 saturated heterocycles. The van der Waals surface area contributed by atoms with E-state index in [1.807, 2.05) is 18.2 Å². The highest BCUT2D eigenvalue weighted by Crippen LogP contribution is 2.19. The third-order valence-electron chi connectivity index (χ3n) is 3.12. The molecule has 0 amide bonds. The van der Waals surface area contributed by atoms with Crippen molar-refractivity contribution in [3.05, 3.63) is 36.1 Å². The summed E-state index contributed by atoms with van der Waals surface area (Å²) in [7, 11) is 0. The number of para-hydroxylation sites is 1. The van der Waals surface area contributed by atoms with Crippen molar-refractivity contribution in [3.8, 4) is 0 Å². The lowest BCUT2D eigenvalue weighted by Gasteiger charge is -2.14. The van der Waals surface area contributed by atoms with E-state index < -0.39 is 0 Å². The van der Waals surface area contributed by atoms with Gasteiger partial charge in [-0.05, 0) is 32.4 Å². The van der Waals surface area contributed by atoms with Crippen LogP contribution in [-0.2, 0) is 6.54 Å². The maximum Gasteiger partial charge on any atom is 0.191 e. The summed E-state index contributed by atoms with van der Waals surface area (Å²) in [6, 6.07) is 10.4. The summed E-state index contributed by atoms with van der Waals surface area (Å²) in [5.41, 5.74) is 0.917. The minimum atomic E-state index is 0.355. The minimum Gasteiger partial charge on any atom is -0.459 e. The molecule has 0 aliphatic rings. The molecule has 21 heavy (non-hydrogen) atoms. The van der Waals surface area contributed by atoms with Crippen LogP contribution >= 0.6 is 0 Å². The highest BCUT2D eigenvalue weighted by molar-refractivity contribution is 5.80. The Bertz CT molecular complexity index is 553. The van der Waals surface area contributed by atoms with Crippen molar-refractivity contribution in [2.45, 2.75) is 46.2 Å². The molecule has 1 heterocycles. The Hall–Kier alpha value is -1.97. The molecule has 114 valence electrons. The largest absolute Gasteiger partial charge is 0.459 e. The normalized spacial score (nSPS) is 12.1. The maximum atomic E-state index is 5.79. The van der Waals surface area contributed by atoms with Gasteiger partial charge in [-0.3, -0.25) is 0 Å². The fraction of sp³-hybridized carbons (Fsp3) is 0.471. The topological polar surface area (TPSA) is 49.6 Å². The number of nitrogens with zero attached hydrogens (tertiary/aromatic N) is 1. The smallest absolute Gasteiger partial charge is 0.191 e. The number of benzene rings is 1. The highest BCUT2D eigenvalue weighted by atomic mass is 16.3. The van der Waals surface area contributed by atoms with Crippen LogP contribution in [0.1, 0.15) is 39.4 Å². The number of furan rings is 1. The van der Waals surface area contributed by atoms with E-state index in [0.717, 1.165) is 35.7 Å². The molecule has 1 aromatic carbocycles. The molecule has 0 fully saturated rings. The molecule has 0 aliphatic carbocycles. The summed E-state index contributed by atoms with van der Waals surface area (Å²) >= 11 is 0. The zero-order valence-corrected chi connectivity index (χ0v) is 13.1. The Morgan fingerprint density at radius 1 is 1.29 bits per heavy atom. The number of nitrogens with one attached hydrogen (secondary N) is 2. The first kappa shape index (κ1) is 15.4. The number of hydrogen-bond acceptors (Lipinski definition) is 2. The van der Waals surface area contributed by atoms with Crippen molar-refractivity contribution < 1.29 is 4.42 Å². The third kappa shape index (κ3) is 4.81. The van der Waals surface area contributed by atoms with E-state index in [1.54, 1.807) is 0 Å². The summed E-state index contributed by atoms with van der Waals surface area (Å²) in [5.74, 6) is 1.73. The van der Waals surface area contributed by atoms with Crippen LogP contribution in [0.5, 0.6) is 0 Å². The summed E-state index contributed by atoms with van der Waals surface area (Å²) < 4.78 is 5.79. The van der Waals surface area contributed by atoms with Gasteiger partial charge >= 0.3 is 0 Å². The lowest BCUT2D eigenvalue weighted by molar-refractivity contribution is 0.550. The van der Waals surface area contributed by atoms with Crippen molar-refractivity contribution in [2.24, 2.45) is 4.99 Å². The van der Waals surface area contributed by atoms with Crippen LogP contribution in [0.3, 0.4) is 0 Å². The second-order valence-electron chi connectivity index (χ2n) is 5.49. The molecule has 0 saturated carbocycles. The van der Waals surface area contributed by atoms with E-state index >= 15 is 0 Å². The van der Waals surface area contributed by atoms with Crippen LogP contribution in [0.25, 0.3) is 11.0 Å². The van der Waals surface area contributed by atoms with E-state index in [2.05, 4.69) is 48.5 Å². The number of aliphatic imine (C=N–C) groups is 1. The Labute approximate surface area is 126 Å². The number of guanidine groups is 1. The molecule has 0 aliphatic heterocycles. The number of hydrogen-bond donors (Lipinski definition) is 2. The second-order valence-corrected chi connectivity index (χ2v) is 5.49. The van der Waals surface area contributed by atoms with Gasteiger partial charge in [0.05, 0.1) is 0 Å². The monoisotopic (exact) mass is 287 g/mol. The van der Waals surface area contributed by atoms with E-state index in [0.29, 0.717) is 12.6 Å². The number of unbranched alkanes of at least 4 members (excludes halogenated alkanes) is 1. The summed E-state index contributed by atoms with van der Waals surface area (Å²) in [6.45, 7) is 7.89. The van der Waals surface area contributed by atoms with Gasteiger partial charge in [0.2, 0.25) is 0 Å². The predicted molar refractivity (Wildman–Crippen MR) is 88.5 cm³/mol. The van der Waals surface area contributed by atoms with Crippen LogP contribution in [0, 0.1) is 0 Å². The van der Waals surface area contributed by atoms with Gasteiger partial charge < -0.3 is 15.1 Å². The maximum absolute atomic E-state index is 5.79. The first-order valence-electron chi connectivity index (χ1n) is 7.71. The molecule has 0 radical (unpaired) electrons. The van der Waals surface area contributed by atoms with Gasteiger partial charge in [0.1, 0.15) is 17.9 Å². The van der Waals surface area contributed by atoms with Crippen molar-refractivity contribution in [2.75, 3.05) is 6.54 Å². The van der Waals surface area contributed by atoms with E-state index in [4.69, 9.17) is 4.42 Å². The third-order valence-corrected chi connectivity index (χ3v) is 3.12. The molecule has 0 atom stereocenters. The zero-order chi connectivity index (χ0) is 15.1. The van der Waals surface area contributed by atoms with Crippen LogP contribution in [0.2, 0.25) is 0 Å². The van der Waals surface area contributed by atoms with Gasteiger partial charge in [0, 0.05) is 18.0 Å². The Balaban J connectivity index is 2.02. The molecule has 2 rings (SSSR count). The lowest BCUT2D eigenvalue weighted by atomic mass is 10.2. The zero-order valence-electron chi connectivity index (χ0n) is 13.1. The first-order chi connectivity index (χ1) is 10.2. The van der Waals surface area contributed by atoms with E-state index in [1.165, 1.54) is 6.42 Å².